The van der Waals surface area contributed by atoms with Crippen LogP contribution in [0.25, 0.3) is 0 Å². The van der Waals surface area contributed by atoms with Crippen LogP contribution in [0.5, 0.6) is 0 Å². The lowest BCUT2D eigenvalue weighted by atomic mass is 10.0. The molecule has 26 heavy (non-hydrogen) atoms. The quantitative estimate of drug-likeness (QED) is 0.234. The third-order valence-electron chi connectivity index (χ3n) is 4.56. The average molecular weight is 476 g/mol. The molecule has 0 heterocycles. The predicted molar refractivity (Wildman–Crippen MR) is 114 cm³/mol. The number of amides is 1. The van der Waals surface area contributed by atoms with Crippen molar-refractivity contribution >= 4 is 35.8 Å². The molecule has 146 valence electrons. The van der Waals surface area contributed by atoms with Gasteiger partial charge in [0.2, 0.25) is 5.91 Å². The minimum absolute atomic E-state index is 0. The van der Waals surface area contributed by atoms with Gasteiger partial charge in [0.1, 0.15) is 5.82 Å². The van der Waals surface area contributed by atoms with Gasteiger partial charge in [-0.3, -0.25) is 9.79 Å². The summed E-state index contributed by atoms with van der Waals surface area (Å²) in [5, 5.41) is 9.25. The van der Waals surface area contributed by atoms with Gasteiger partial charge in [0.05, 0.1) is 0 Å². The molecule has 0 bridgehead atoms. The highest BCUT2D eigenvalue weighted by Crippen LogP contribution is 2.27. The van der Waals surface area contributed by atoms with Crippen molar-refractivity contribution in [3.8, 4) is 0 Å². The Labute approximate surface area is 172 Å². The second-order valence-corrected chi connectivity index (χ2v) is 6.47. The van der Waals surface area contributed by atoms with Gasteiger partial charge in [-0.15, -0.1) is 24.0 Å². The van der Waals surface area contributed by atoms with Crippen molar-refractivity contribution in [3.63, 3.8) is 0 Å². The van der Waals surface area contributed by atoms with E-state index in [-0.39, 0.29) is 35.7 Å². The maximum Gasteiger partial charge on any atom is 0.220 e. The Bertz CT molecular complexity index is 576. The lowest BCUT2D eigenvalue weighted by molar-refractivity contribution is -0.121. The van der Waals surface area contributed by atoms with Gasteiger partial charge in [-0.25, -0.2) is 4.39 Å². The standard InChI is InChI=1S/C19H29FN4O.HI/c1-21-19(23-11-10-16-8-4-5-9-17(16)20)24-13-12-22-18(25)14-15-6-2-3-7-15;/h4-5,8-9,15H,2-3,6-7,10-14H2,1H3,(H,22,25)(H2,21,23,24);1H. The number of carbonyl (C=O) groups excluding carboxylic acids is 1. The maximum absolute atomic E-state index is 13.6. The number of aliphatic imine (C=N–C) groups is 1. The third-order valence-corrected chi connectivity index (χ3v) is 4.56. The molecule has 3 N–H and O–H groups in total. The molecule has 0 atom stereocenters. The molecule has 1 amide bonds. The highest BCUT2D eigenvalue weighted by molar-refractivity contribution is 14.0. The van der Waals surface area contributed by atoms with E-state index in [4.69, 9.17) is 0 Å². The second-order valence-electron chi connectivity index (χ2n) is 6.47. The summed E-state index contributed by atoms with van der Waals surface area (Å²) in [6, 6.07) is 6.78. The van der Waals surface area contributed by atoms with E-state index >= 15 is 0 Å². The summed E-state index contributed by atoms with van der Waals surface area (Å²) in [6.07, 6.45) is 6.12. The zero-order chi connectivity index (χ0) is 17.9. The largest absolute Gasteiger partial charge is 0.356 e. The SMILES string of the molecule is CN=C(NCCNC(=O)CC1CCCC1)NCCc1ccccc1F.I. The Morgan fingerprint density at radius 1 is 1.12 bits per heavy atom. The highest BCUT2D eigenvalue weighted by atomic mass is 127. The molecule has 0 radical (unpaired) electrons. The van der Waals surface area contributed by atoms with E-state index < -0.39 is 0 Å². The van der Waals surface area contributed by atoms with Gasteiger partial charge in [0, 0.05) is 33.1 Å². The molecule has 1 aromatic carbocycles. The zero-order valence-corrected chi connectivity index (χ0v) is 17.7. The third kappa shape index (κ3) is 8.33. The zero-order valence-electron chi connectivity index (χ0n) is 15.4. The number of nitrogens with zero attached hydrogens (tertiary/aromatic N) is 1. The van der Waals surface area contributed by atoms with Gasteiger partial charge in [-0.2, -0.15) is 0 Å². The molecular formula is C19H30FIN4O. The lowest BCUT2D eigenvalue weighted by Crippen LogP contribution is -2.42. The molecule has 5 nitrogen and oxygen atoms in total. The molecule has 0 unspecified atom stereocenters. The Morgan fingerprint density at radius 2 is 1.77 bits per heavy atom. The van der Waals surface area contributed by atoms with E-state index in [9.17, 15) is 9.18 Å². The summed E-state index contributed by atoms with van der Waals surface area (Å²) in [5.41, 5.74) is 0.685. The maximum atomic E-state index is 13.6. The molecule has 1 aliphatic rings. The summed E-state index contributed by atoms with van der Waals surface area (Å²) in [7, 11) is 1.69. The number of hydrogen-bond donors (Lipinski definition) is 3. The van der Waals surface area contributed by atoms with Crippen LogP contribution in [0.4, 0.5) is 4.39 Å². The summed E-state index contributed by atoms with van der Waals surface area (Å²) in [5.74, 6) is 1.18. The van der Waals surface area contributed by atoms with E-state index in [1.54, 1.807) is 19.2 Å². The van der Waals surface area contributed by atoms with Crippen LogP contribution in [0.2, 0.25) is 0 Å². The Kier molecular flexibility index (Phi) is 11.2. The van der Waals surface area contributed by atoms with Crippen LogP contribution in [0.15, 0.2) is 29.3 Å². The highest BCUT2D eigenvalue weighted by Gasteiger charge is 2.17. The van der Waals surface area contributed by atoms with Gasteiger partial charge >= 0.3 is 0 Å². The van der Waals surface area contributed by atoms with Gasteiger partial charge < -0.3 is 16.0 Å². The first kappa shape index (κ1) is 22.7. The van der Waals surface area contributed by atoms with Crippen molar-refractivity contribution in [2.24, 2.45) is 10.9 Å². The van der Waals surface area contributed by atoms with Crippen molar-refractivity contribution in [1.29, 1.82) is 0 Å². The number of carbonyl (C=O) groups is 1. The molecule has 7 heteroatoms. The van der Waals surface area contributed by atoms with Crippen LogP contribution >= 0.6 is 24.0 Å². The number of rotatable bonds is 8. The molecular weight excluding hydrogens is 446 g/mol. The van der Waals surface area contributed by atoms with E-state index in [1.165, 1.54) is 31.7 Å². The number of guanidine groups is 1. The molecule has 0 spiro atoms. The second kappa shape index (κ2) is 12.9. The number of nitrogens with one attached hydrogen (secondary N) is 3. The van der Waals surface area contributed by atoms with Crippen molar-refractivity contribution in [2.75, 3.05) is 26.7 Å². The van der Waals surface area contributed by atoms with E-state index in [0.717, 1.165) is 0 Å². The van der Waals surface area contributed by atoms with Crippen molar-refractivity contribution in [1.82, 2.24) is 16.0 Å². The van der Waals surface area contributed by atoms with E-state index in [2.05, 4.69) is 20.9 Å². The number of halogens is 2. The molecule has 0 saturated heterocycles. The minimum Gasteiger partial charge on any atom is -0.356 e. The Balaban J connectivity index is 0.00000338. The Hall–Kier alpha value is -1.38. The van der Waals surface area contributed by atoms with Crippen LogP contribution in [0, 0.1) is 11.7 Å². The van der Waals surface area contributed by atoms with Gasteiger partial charge in [0.25, 0.3) is 0 Å². The van der Waals surface area contributed by atoms with Crippen LogP contribution < -0.4 is 16.0 Å². The fourth-order valence-corrected chi connectivity index (χ4v) is 3.17. The van der Waals surface area contributed by atoms with Crippen LogP contribution in [0.1, 0.15) is 37.7 Å². The van der Waals surface area contributed by atoms with Crippen LogP contribution in [-0.2, 0) is 11.2 Å². The molecule has 0 aromatic heterocycles. The van der Waals surface area contributed by atoms with Crippen molar-refractivity contribution in [3.05, 3.63) is 35.6 Å². The molecule has 1 aliphatic carbocycles. The molecule has 0 aliphatic heterocycles. The average Bonchev–Trinajstić information content (AvgIpc) is 3.11. The normalized spacial score (nSPS) is 14.6. The monoisotopic (exact) mass is 476 g/mol. The molecule has 1 aromatic rings. The smallest absolute Gasteiger partial charge is 0.220 e. The topological polar surface area (TPSA) is 65.5 Å². The fraction of sp³-hybridized carbons (Fsp3) is 0.579. The van der Waals surface area contributed by atoms with Gasteiger partial charge in [-0.1, -0.05) is 31.0 Å². The summed E-state index contributed by atoms with van der Waals surface area (Å²) < 4.78 is 13.6. The minimum atomic E-state index is -0.183. The van der Waals surface area contributed by atoms with Gasteiger partial charge in [0.15, 0.2) is 5.96 Å². The summed E-state index contributed by atoms with van der Waals surface area (Å²) in [6.45, 7) is 1.77. The first-order valence-corrected chi connectivity index (χ1v) is 9.13. The lowest BCUT2D eigenvalue weighted by Gasteiger charge is -2.13. The van der Waals surface area contributed by atoms with E-state index in [0.29, 0.717) is 49.9 Å². The first-order valence-electron chi connectivity index (χ1n) is 9.13. The molecule has 1 fully saturated rings. The number of benzene rings is 1. The Morgan fingerprint density at radius 3 is 2.46 bits per heavy atom. The summed E-state index contributed by atoms with van der Waals surface area (Å²) >= 11 is 0. The predicted octanol–water partition coefficient (Wildman–Crippen LogP) is 2.85. The fourth-order valence-electron chi connectivity index (χ4n) is 3.17. The van der Waals surface area contributed by atoms with Crippen LogP contribution in [0.3, 0.4) is 0 Å². The molecule has 2 rings (SSSR count). The van der Waals surface area contributed by atoms with E-state index in [1.807, 2.05) is 6.07 Å². The van der Waals surface area contributed by atoms with Gasteiger partial charge in [-0.05, 0) is 36.8 Å². The van der Waals surface area contributed by atoms with Crippen molar-refractivity contribution < 1.29 is 9.18 Å². The summed E-state index contributed by atoms with van der Waals surface area (Å²) in [4.78, 5) is 16.0. The number of hydrogen-bond acceptors (Lipinski definition) is 2. The molecule has 1 saturated carbocycles. The first-order chi connectivity index (χ1) is 12.2. The van der Waals surface area contributed by atoms with Crippen molar-refractivity contribution in [2.45, 2.75) is 38.5 Å². The van der Waals surface area contributed by atoms with Crippen LogP contribution in [-0.4, -0.2) is 38.5 Å².